The van der Waals surface area contributed by atoms with Crippen LogP contribution in [0.5, 0.6) is 0 Å². The van der Waals surface area contributed by atoms with Gasteiger partial charge in [0.25, 0.3) is 0 Å². The summed E-state index contributed by atoms with van der Waals surface area (Å²) in [6.07, 6.45) is 2.09. The third-order valence-corrected chi connectivity index (χ3v) is 1.77. The molecule has 0 atom stereocenters. The summed E-state index contributed by atoms with van der Waals surface area (Å²) in [7, 11) is 1.71. The maximum absolute atomic E-state index is 5.60. The van der Waals surface area contributed by atoms with Crippen LogP contribution in [0.3, 0.4) is 0 Å². The molecule has 0 heterocycles. The van der Waals surface area contributed by atoms with Crippen molar-refractivity contribution in [2.75, 3.05) is 26.9 Å². The molecule has 0 aliphatic heterocycles. The number of rotatable bonds is 8. The van der Waals surface area contributed by atoms with Crippen molar-refractivity contribution in [3.05, 3.63) is 0 Å². The molecule has 0 fully saturated rings. The van der Waals surface area contributed by atoms with Crippen molar-refractivity contribution in [3.63, 3.8) is 0 Å². The van der Waals surface area contributed by atoms with Gasteiger partial charge >= 0.3 is 0 Å². The number of hydrogen-bond donors (Lipinski definition) is 0. The third-order valence-electron chi connectivity index (χ3n) is 1.77. The standard InChI is InChI=1S/C10H23NO2/c1-5-7-11(10(2)3)13-9-6-8-12-4/h10H,5-9H2,1-4H3. The van der Waals surface area contributed by atoms with Crippen LogP contribution in [0.2, 0.25) is 0 Å². The molecule has 13 heavy (non-hydrogen) atoms. The average molecular weight is 189 g/mol. The molecule has 0 radical (unpaired) electrons. The number of hydroxylamine groups is 2. The first-order valence-corrected chi connectivity index (χ1v) is 5.10. The first-order chi connectivity index (χ1) is 6.22. The van der Waals surface area contributed by atoms with E-state index < -0.39 is 0 Å². The lowest BCUT2D eigenvalue weighted by atomic mass is 10.3. The van der Waals surface area contributed by atoms with Gasteiger partial charge in [-0.1, -0.05) is 6.92 Å². The van der Waals surface area contributed by atoms with E-state index in [0.29, 0.717) is 6.04 Å². The maximum atomic E-state index is 5.60. The van der Waals surface area contributed by atoms with E-state index in [1.54, 1.807) is 7.11 Å². The van der Waals surface area contributed by atoms with E-state index in [4.69, 9.17) is 9.57 Å². The van der Waals surface area contributed by atoms with E-state index in [2.05, 4.69) is 20.8 Å². The molecule has 0 aromatic heterocycles. The molecular formula is C10H23NO2. The summed E-state index contributed by atoms with van der Waals surface area (Å²) in [4.78, 5) is 5.60. The molecule has 0 aromatic rings. The summed E-state index contributed by atoms with van der Waals surface area (Å²) < 4.78 is 4.95. The molecule has 0 saturated carbocycles. The normalized spacial score (nSPS) is 11.5. The molecule has 3 heteroatoms. The smallest absolute Gasteiger partial charge is 0.0707 e. The molecule has 0 aliphatic carbocycles. The van der Waals surface area contributed by atoms with Crippen LogP contribution in [0, 0.1) is 0 Å². The van der Waals surface area contributed by atoms with Gasteiger partial charge in [-0.3, -0.25) is 4.84 Å². The van der Waals surface area contributed by atoms with Gasteiger partial charge in [0.05, 0.1) is 6.61 Å². The van der Waals surface area contributed by atoms with E-state index in [1.165, 1.54) is 0 Å². The Kier molecular flexibility index (Phi) is 8.40. The van der Waals surface area contributed by atoms with Crippen molar-refractivity contribution >= 4 is 0 Å². The Bertz CT molecular complexity index is 107. The van der Waals surface area contributed by atoms with Gasteiger partial charge in [0.15, 0.2) is 0 Å². The molecule has 0 aromatic carbocycles. The lowest BCUT2D eigenvalue weighted by molar-refractivity contribution is -0.181. The first-order valence-electron chi connectivity index (χ1n) is 5.10. The molecule has 0 bridgehead atoms. The maximum Gasteiger partial charge on any atom is 0.0707 e. The molecule has 80 valence electrons. The highest BCUT2D eigenvalue weighted by molar-refractivity contribution is 4.50. The van der Waals surface area contributed by atoms with Gasteiger partial charge in [0, 0.05) is 26.3 Å². The van der Waals surface area contributed by atoms with Crippen LogP contribution in [0.15, 0.2) is 0 Å². The summed E-state index contributed by atoms with van der Waals surface area (Å²) in [5.41, 5.74) is 0. The van der Waals surface area contributed by atoms with Crippen molar-refractivity contribution in [3.8, 4) is 0 Å². The van der Waals surface area contributed by atoms with Crippen molar-refractivity contribution in [2.24, 2.45) is 0 Å². The Morgan fingerprint density at radius 3 is 2.38 bits per heavy atom. The summed E-state index contributed by atoms with van der Waals surface area (Å²) in [5.74, 6) is 0. The summed E-state index contributed by atoms with van der Waals surface area (Å²) in [6, 6.07) is 0.461. The molecule has 0 unspecified atom stereocenters. The van der Waals surface area contributed by atoms with E-state index in [9.17, 15) is 0 Å². The minimum absolute atomic E-state index is 0.461. The number of ether oxygens (including phenoxy) is 1. The zero-order valence-electron chi connectivity index (χ0n) is 9.38. The minimum Gasteiger partial charge on any atom is -0.385 e. The van der Waals surface area contributed by atoms with Crippen LogP contribution in [-0.2, 0) is 9.57 Å². The van der Waals surface area contributed by atoms with Gasteiger partial charge < -0.3 is 4.74 Å². The Labute approximate surface area is 82.0 Å². The van der Waals surface area contributed by atoms with Crippen molar-refractivity contribution in [2.45, 2.75) is 39.7 Å². The second-order valence-electron chi connectivity index (χ2n) is 3.41. The monoisotopic (exact) mass is 189 g/mol. The molecule has 0 aliphatic rings. The molecular weight excluding hydrogens is 166 g/mol. The van der Waals surface area contributed by atoms with Gasteiger partial charge in [0.1, 0.15) is 0 Å². The summed E-state index contributed by atoms with van der Waals surface area (Å²) in [5, 5.41) is 2.04. The van der Waals surface area contributed by atoms with Crippen LogP contribution in [0.4, 0.5) is 0 Å². The van der Waals surface area contributed by atoms with Crippen molar-refractivity contribution < 1.29 is 9.57 Å². The van der Waals surface area contributed by atoms with Crippen LogP contribution in [-0.4, -0.2) is 38.0 Å². The van der Waals surface area contributed by atoms with Crippen LogP contribution in [0.1, 0.15) is 33.6 Å². The number of nitrogens with zero attached hydrogens (tertiary/aromatic N) is 1. The fraction of sp³-hybridized carbons (Fsp3) is 1.00. The SMILES string of the molecule is CCCN(OCCCOC)C(C)C. The fourth-order valence-electron chi connectivity index (χ4n) is 1.08. The number of hydrogen-bond acceptors (Lipinski definition) is 3. The zero-order valence-corrected chi connectivity index (χ0v) is 9.38. The van der Waals surface area contributed by atoms with E-state index >= 15 is 0 Å². The van der Waals surface area contributed by atoms with Gasteiger partial charge in [-0.2, -0.15) is 5.06 Å². The quantitative estimate of drug-likeness (QED) is 0.431. The molecule has 0 N–H and O–H groups in total. The zero-order chi connectivity index (χ0) is 10.1. The summed E-state index contributed by atoms with van der Waals surface area (Å²) >= 11 is 0. The average Bonchev–Trinajstić information content (AvgIpc) is 2.10. The van der Waals surface area contributed by atoms with Gasteiger partial charge in [-0.15, -0.1) is 0 Å². The Morgan fingerprint density at radius 1 is 1.23 bits per heavy atom. The second-order valence-corrected chi connectivity index (χ2v) is 3.41. The highest BCUT2D eigenvalue weighted by Crippen LogP contribution is 2.01. The van der Waals surface area contributed by atoms with Crippen molar-refractivity contribution in [1.29, 1.82) is 0 Å². The lowest BCUT2D eigenvalue weighted by Gasteiger charge is -2.24. The number of methoxy groups -OCH3 is 1. The van der Waals surface area contributed by atoms with Gasteiger partial charge in [-0.25, -0.2) is 0 Å². The van der Waals surface area contributed by atoms with Crippen LogP contribution in [0.25, 0.3) is 0 Å². The van der Waals surface area contributed by atoms with E-state index in [-0.39, 0.29) is 0 Å². The van der Waals surface area contributed by atoms with E-state index in [1.807, 2.05) is 5.06 Å². The molecule has 0 spiro atoms. The topological polar surface area (TPSA) is 21.7 Å². The Balaban J connectivity index is 3.45. The molecule has 0 amide bonds. The minimum atomic E-state index is 0.461. The predicted octanol–water partition coefficient (Wildman–Crippen LogP) is 2.07. The molecule has 0 saturated heterocycles. The first kappa shape index (κ1) is 12.9. The molecule has 3 nitrogen and oxygen atoms in total. The van der Waals surface area contributed by atoms with E-state index in [0.717, 1.165) is 32.6 Å². The summed E-state index contributed by atoms with van der Waals surface area (Å²) in [6.45, 7) is 8.99. The third kappa shape index (κ3) is 6.99. The predicted molar refractivity (Wildman–Crippen MR) is 54.6 cm³/mol. The van der Waals surface area contributed by atoms with Crippen LogP contribution >= 0.6 is 0 Å². The highest BCUT2D eigenvalue weighted by atomic mass is 16.7. The van der Waals surface area contributed by atoms with Crippen LogP contribution < -0.4 is 0 Å². The highest BCUT2D eigenvalue weighted by Gasteiger charge is 2.07. The Morgan fingerprint density at radius 2 is 1.92 bits per heavy atom. The van der Waals surface area contributed by atoms with Crippen molar-refractivity contribution in [1.82, 2.24) is 5.06 Å². The second kappa shape index (κ2) is 8.48. The largest absolute Gasteiger partial charge is 0.385 e. The fourth-order valence-corrected chi connectivity index (χ4v) is 1.08. The Hall–Kier alpha value is -0.120. The van der Waals surface area contributed by atoms with Gasteiger partial charge in [-0.05, 0) is 26.7 Å². The lowest BCUT2D eigenvalue weighted by Crippen LogP contribution is -2.32. The molecule has 0 rings (SSSR count). The van der Waals surface area contributed by atoms with Gasteiger partial charge in [0.2, 0.25) is 0 Å².